The number of rotatable bonds is 8. The molecule has 0 aliphatic heterocycles. The number of aromatic carboxylic acids is 2. The summed E-state index contributed by atoms with van der Waals surface area (Å²) in [7, 11) is 0. The predicted octanol–water partition coefficient (Wildman–Crippen LogP) is 5.65. The molecular weight excluding hydrogens is 500 g/mol. The van der Waals surface area contributed by atoms with Crippen LogP contribution in [0.4, 0.5) is 0 Å². The average Bonchev–Trinajstić information content (AvgIpc) is 2.94. The summed E-state index contributed by atoms with van der Waals surface area (Å²) in [6.07, 6.45) is 0. The van der Waals surface area contributed by atoms with Crippen molar-refractivity contribution in [2.24, 2.45) is 0 Å². The van der Waals surface area contributed by atoms with Gasteiger partial charge in [-0.05, 0) is 28.3 Å². The maximum atomic E-state index is 11.9. The van der Waals surface area contributed by atoms with Crippen LogP contribution < -0.4 is 0 Å². The maximum absolute atomic E-state index is 11.9. The van der Waals surface area contributed by atoms with Gasteiger partial charge in [0.25, 0.3) is 0 Å². The highest BCUT2D eigenvalue weighted by molar-refractivity contribution is 6.07. The summed E-state index contributed by atoms with van der Waals surface area (Å²) < 4.78 is 0. The Hall–Kier alpha value is -5.24. The van der Waals surface area contributed by atoms with Crippen molar-refractivity contribution >= 4 is 23.9 Å². The molecule has 1 unspecified atom stereocenters. The van der Waals surface area contributed by atoms with Crippen LogP contribution in [0.15, 0.2) is 109 Å². The molecule has 39 heavy (non-hydrogen) atoms. The van der Waals surface area contributed by atoms with Crippen LogP contribution in [0.3, 0.4) is 0 Å². The third-order valence-electron chi connectivity index (χ3n) is 6.45. The van der Waals surface area contributed by atoms with E-state index in [1.165, 1.54) is 12.1 Å². The minimum absolute atomic E-state index is 0.184. The Labute approximate surface area is 224 Å². The normalized spacial score (nSPS) is 11.4. The van der Waals surface area contributed by atoms with Crippen molar-refractivity contribution in [3.8, 4) is 11.1 Å². The van der Waals surface area contributed by atoms with Gasteiger partial charge in [0.15, 0.2) is 5.41 Å². The smallest absolute Gasteiger partial charge is 0.337 e. The Kier molecular flexibility index (Phi) is 8.96. The summed E-state index contributed by atoms with van der Waals surface area (Å²) in [5.74, 6) is -5.93. The molecule has 4 N–H and O–H groups in total. The second kappa shape index (κ2) is 12.3. The molecule has 0 fully saturated rings. The van der Waals surface area contributed by atoms with Crippen molar-refractivity contribution < 1.29 is 39.6 Å². The van der Waals surface area contributed by atoms with Gasteiger partial charge in [0.1, 0.15) is 0 Å². The molecule has 4 aromatic carbocycles. The number of carboxylic acid groups (broad SMARTS) is 4. The molecule has 0 aliphatic carbocycles. The molecule has 8 heteroatoms. The Morgan fingerprint density at radius 2 is 1.08 bits per heavy atom. The molecule has 0 saturated carbocycles. The standard InChI is InChI=1S/C17H16O4.C14H10O4/c1-12(13-8-4-2-5-9-13)17(15(18)19,16(20)21)14-10-6-3-7-11-14;15-13(16)11-8-4-7-10(12(11)14(17)18)9-5-2-1-3-6-9/h2-12H,1H3,(H,18,19)(H,20,21);1-8H,(H,15,16)(H,17,18). The van der Waals surface area contributed by atoms with Gasteiger partial charge in [-0.1, -0.05) is 110 Å². The molecule has 0 aromatic heterocycles. The first-order valence-electron chi connectivity index (χ1n) is 11.8. The number of carboxylic acids is 4. The van der Waals surface area contributed by atoms with Crippen molar-refractivity contribution in [2.75, 3.05) is 0 Å². The van der Waals surface area contributed by atoms with Crippen LogP contribution in [0.5, 0.6) is 0 Å². The maximum Gasteiger partial charge on any atom is 0.337 e. The zero-order valence-corrected chi connectivity index (χ0v) is 20.9. The monoisotopic (exact) mass is 526 g/mol. The van der Waals surface area contributed by atoms with Crippen LogP contribution in [-0.2, 0) is 15.0 Å². The fourth-order valence-corrected chi connectivity index (χ4v) is 4.47. The van der Waals surface area contributed by atoms with E-state index in [-0.39, 0.29) is 16.7 Å². The van der Waals surface area contributed by atoms with E-state index < -0.39 is 35.2 Å². The van der Waals surface area contributed by atoms with E-state index in [4.69, 9.17) is 5.11 Å². The summed E-state index contributed by atoms with van der Waals surface area (Å²) in [4.78, 5) is 46.1. The van der Waals surface area contributed by atoms with Gasteiger partial charge in [0, 0.05) is 5.92 Å². The molecule has 4 rings (SSSR count). The molecule has 0 amide bonds. The molecule has 0 spiro atoms. The lowest BCUT2D eigenvalue weighted by Gasteiger charge is -2.32. The Morgan fingerprint density at radius 1 is 0.590 bits per heavy atom. The lowest BCUT2D eigenvalue weighted by molar-refractivity contribution is -0.159. The molecule has 4 aromatic rings. The van der Waals surface area contributed by atoms with E-state index in [9.17, 15) is 34.5 Å². The van der Waals surface area contributed by atoms with Crippen LogP contribution in [-0.4, -0.2) is 44.3 Å². The minimum atomic E-state index is -2.01. The van der Waals surface area contributed by atoms with Gasteiger partial charge >= 0.3 is 23.9 Å². The Balaban J connectivity index is 0.000000218. The van der Waals surface area contributed by atoms with E-state index >= 15 is 0 Å². The van der Waals surface area contributed by atoms with E-state index in [2.05, 4.69) is 0 Å². The van der Waals surface area contributed by atoms with Crippen molar-refractivity contribution in [1.82, 2.24) is 0 Å². The third kappa shape index (κ3) is 5.86. The molecule has 0 saturated heterocycles. The fourth-order valence-electron chi connectivity index (χ4n) is 4.47. The number of hydrogen-bond acceptors (Lipinski definition) is 4. The lowest BCUT2D eigenvalue weighted by atomic mass is 9.68. The Bertz CT molecular complexity index is 1450. The SMILES string of the molecule is CC(c1ccccc1)C(C(=O)O)(C(=O)O)c1ccccc1.O=C(O)c1cccc(-c2ccccc2)c1C(=O)O. The van der Waals surface area contributed by atoms with Crippen LogP contribution in [0.1, 0.15) is 44.7 Å². The second-order valence-electron chi connectivity index (χ2n) is 8.62. The molecule has 0 bridgehead atoms. The molecular formula is C31H26O8. The largest absolute Gasteiger partial charge is 0.480 e. The second-order valence-corrected chi connectivity index (χ2v) is 8.62. The van der Waals surface area contributed by atoms with Gasteiger partial charge in [-0.25, -0.2) is 9.59 Å². The van der Waals surface area contributed by atoms with Gasteiger partial charge in [-0.2, -0.15) is 0 Å². The number of benzene rings is 4. The Morgan fingerprint density at radius 3 is 1.54 bits per heavy atom. The van der Waals surface area contributed by atoms with Gasteiger partial charge in [-0.15, -0.1) is 0 Å². The zero-order chi connectivity index (χ0) is 28.6. The number of aliphatic carboxylic acids is 2. The highest BCUT2D eigenvalue weighted by atomic mass is 16.4. The van der Waals surface area contributed by atoms with Crippen molar-refractivity contribution in [3.63, 3.8) is 0 Å². The molecule has 8 nitrogen and oxygen atoms in total. The summed E-state index contributed by atoms with van der Waals surface area (Å²) in [5, 5.41) is 37.6. The van der Waals surface area contributed by atoms with Gasteiger partial charge in [-0.3, -0.25) is 9.59 Å². The summed E-state index contributed by atoms with van der Waals surface area (Å²) in [5.41, 5.74) is -0.378. The van der Waals surface area contributed by atoms with E-state index in [1.54, 1.807) is 91.9 Å². The van der Waals surface area contributed by atoms with Gasteiger partial charge in [0.2, 0.25) is 0 Å². The number of hydrogen-bond donors (Lipinski definition) is 4. The van der Waals surface area contributed by atoms with Crippen LogP contribution >= 0.6 is 0 Å². The van der Waals surface area contributed by atoms with Crippen LogP contribution in [0.25, 0.3) is 11.1 Å². The van der Waals surface area contributed by atoms with E-state index in [1.807, 2.05) is 12.1 Å². The minimum Gasteiger partial charge on any atom is -0.480 e. The van der Waals surface area contributed by atoms with E-state index in [0.29, 0.717) is 16.7 Å². The van der Waals surface area contributed by atoms with Crippen LogP contribution in [0.2, 0.25) is 0 Å². The van der Waals surface area contributed by atoms with Gasteiger partial charge < -0.3 is 20.4 Å². The third-order valence-corrected chi connectivity index (χ3v) is 6.45. The molecule has 198 valence electrons. The first kappa shape index (κ1) is 28.3. The van der Waals surface area contributed by atoms with Crippen molar-refractivity contribution in [1.29, 1.82) is 0 Å². The first-order chi connectivity index (χ1) is 18.6. The van der Waals surface area contributed by atoms with Crippen molar-refractivity contribution in [3.05, 3.63) is 131 Å². The summed E-state index contributed by atoms with van der Waals surface area (Å²) in [6, 6.07) is 30.2. The topological polar surface area (TPSA) is 149 Å². The quantitative estimate of drug-likeness (QED) is 0.215. The molecule has 0 aliphatic rings. The molecule has 0 heterocycles. The average molecular weight is 527 g/mol. The lowest BCUT2D eigenvalue weighted by Crippen LogP contribution is -2.48. The predicted molar refractivity (Wildman–Crippen MR) is 144 cm³/mol. The first-order valence-corrected chi connectivity index (χ1v) is 11.8. The molecule has 0 radical (unpaired) electrons. The zero-order valence-electron chi connectivity index (χ0n) is 20.9. The fraction of sp³-hybridized carbons (Fsp3) is 0.0968. The highest BCUT2D eigenvalue weighted by Crippen LogP contribution is 2.40. The van der Waals surface area contributed by atoms with Gasteiger partial charge in [0.05, 0.1) is 11.1 Å². The number of carbonyl (C=O) groups is 4. The summed E-state index contributed by atoms with van der Waals surface area (Å²) in [6.45, 7) is 1.63. The van der Waals surface area contributed by atoms with E-state index in [0.717, 1.165) is 0 Å². The van der Waals surface area contributed by atoms with Crippen LogP contribution in [0, 0.1) is 0 Å². The summed E-state index contributed by atoms with van der Waals surface area (Å²) >= 11 is 0. The highest BCUT2D eigenvalue weighted by Gasteiger charge is 2.53. The molecule has 1 atom stereocenters. The van der Waals surface area contributed by atoms with Crippen molar-refractivity contribution in [2.45, 2.75) is 18.3 Å².